The fraction of sp³-hybridized carbons (Fsp3) is 0.200. The first-order valence-electron chi connectivity index (χ1n) is 8.29. The Morgan fingerprint density at radius 2 is 2.00 bits per heavy atom. The van der Waals surface area contributed by atoms with E-state index in [1.54, 1.807) is 50.3 Å². The molecule has 0 spiro atoms. The molecular formula is C20H17ClFNO3S. The molecule has 0 N–H and O–H groups in total. The molecule has 4 nitrogen and oxygen atoms in total. The highest BCUT2D eigenvalue weighted by Crippen LogP contribution is 2.34. The third-order valence-electron chi connectivity index (χ3n) is 3.88. The van der Waals surface area contributed by atoms with Gasteiger partial charge in [0.15, 0.2) is 0 Å². The fourth-order valence-corrected chi connectivity index (χ4v) is 3.79. The zero-order valence-corrected chi connectivity index (χ0v) is 16.3. The predicted octanol–water partition coefficient (Wildman–Crippen LogP) is 5.50. The number of ether oxygens (including phenoxy) is 1. The van der Waals surface area contributed by atoms with Crippen LogP contribution >= 0.6 is 23.4 Å². The lowest BCUT2D eigenvalue weighted by Gasteiger charge is -2.16. The molecule has 0 bridgehead atoms. The summed E-state index contributed by atoms with van der Waals surface area (Å²) in [6.45, 7) is 3.77. The smallest absolute Gasteiger partial charge is 0.293 e. The van der Waals surface area contributed by atoms with E-state index in [1.807, 2.05) is 0 Å². The lowest BCUT2D eigenvalue weighted by Crippen LogP contribution is -2.34. The van der Waals surface area contributed by atoms with E-state index in [0.29, 0.717) is 26.8 Å². The van der Waals surface area contributed by atoms with Gasteiger partial charge in [-0.1, -0.05) is 29.8 Å². The molecule has 0 aliphatic carbocycles. The van der Waals surface area contributed by atoms with Crippen LogP contribution in [0.25, 0.3) is 6.08 Å². The Balaban J connectivity index is 1.73. The highest BCUT2D eigenvalue weighted by molar-refractivity contribution is 8.18. The summed E-state index contributed by atoms with van der Waals surface area (Å²) in [6, 6.07) is 11.0. The van der Waals surface area contributed by atoms with Crippen molar-refractivity contribution in [3.8, 4) is 5.75 Å². The van der Waals surface area contributed by atoms with Crippen molar-refractivity contribution in [3.63, 3.8) is 0 Å². The summed E-state index contributed by atoms with van der Waals surface area (Å²) >= 11 is 7.17. The van der Waals surface area contributed by atoms with Crippen molar-refractivity contribution in [2.45, 2.75) is 26.5 Å². The van der Waals surface area contributed by atoms with Crippen molar-refractivity contribution in [2.75, 3.05) is 0 Å². The Morgan fingerprint density at radius 3 is 2.63 bits per heavy atom. The normalized spacial score (nSPS) is 15.9. The van der Waals surface area contributed by atoms with Gasteiger partial charge in [-0.05, 0) is 67.1 Å². The third kappa shape index (κ3) is 4.51. The van der Waals surface area contributed by atoms with Crippen molar-refractivity contribution in [1.29, 1.82) is 0 Å². The molecule has 27 heavy (non-hydrogen) atoms. The van der Waals surface area contributed by atoms with Crippen molar-refractivity contribution in [2.24, 2.45) is 0 Å². The molecule has 0 saturated carbocycles. The van der Waals surface area contributed by atoms with Gasteiger partial charge in [0.2, 0.25) is 0 Å². The molecule has 1 heterocycles. The van der Waals surface area contributed by atoms with Gasteiger partial charge in [-0.3, -0.25) is 14.5 Å². The molecule has 1 fully saturated rings. The topological polar surface area (TPSA) is 46.6 Å². The summed E-state index contributed by atoms with van der Waals surface area (Å²) in [5.41, 5.74) is 1.38. The monoisotopic (exact) mass is 405 g/mol. The Labute approximate surface area is 166 Å². The highest BCUT2D eigenvalue weighted by Gasteiger charge is 2.36. The Hall–Kier alpha value is -2.31. The number of thioether (sulfide) groups is 1. The second-order valence-electron chi connectivity index (χ2n) is 6.25. The molecule has 2 amide bonds. The molecule has 1 aliphatic heterocycles. The van der Waals surface area contributed by atoms with Crippen LogP contribution in [0.1, 0.15) is 25.0 Å². The first-order valence-corrected chi connectivity index (χ1v) is 9.48. The first-order chi connectivity index (χ1) is 12.8. The Morgan fingerprint density at radius 1 is 1.22 bits per heavy atom. The van der Waals surface area contributed by atoms with Crippen LogP contribution in [-0.2, 0) is 11.4 Å². The summed E-state index contributed by atoms with van der Waals surface area (Å²) in [6.07, 6.45) is 1.63. The zero-order valence-electron chi connectivity index (χ0n) is 14.7. The lowest BCUT2D eigenvalue weighted by atomic mass is 10.2. The van der Waals surface area contributed by atoms with Crippen LogP contribution in [0, 0.1) is 5.82 Å². The number of carbonyl (C=O) groups is 2. The fourth-order valence-electron chi connectivity index (χ4n) is 2.59. The summed E-state index contributed by atoms with van der Waals surface area (Å²) in [4.78, 5) is 25.9. The van der Waals surface area contributed by atoms with Gasteiger partial charge in [0.25, 0.3) is 11.1 Å². The van der Waals surface area contributed by atoms with Gasteiger partial charge in [-0.2, -0.15) is 0 Å². The molecule has 0 radical (unpaired) electrons. The van der Waals surface area contributed by atoms with Crippen LogP contribution in [0.2, 0.25) is 5.02 Å². The molecule has 0 atom stereocenters. The van der Waals surface area contributed by atoms with Gasteiger partial charge in [0.05, 0.1) is 9.93 Å². The SMILES string of the molecule is CC(C)N1C(=O)S/C(=C\c2ccc(OCc3cccc(F)c3)c(Cl)c2)C1=O. The minimum atomic E-state index is -0.326. The Bertz CT molecular complexity index is 929. The molecule has 1 aliphatic rings. The number of benzene rings is 2. The van der Waals surface area contributed by atoms with E-state index >= 15 is 0 Å². The van der Waals surface area contributed by atoms with Crippen molar-refractivity contribution >= 4 is 40.6 Å². The lowest BCUT2D eigenvalue weighted by molar-refractivity contribution is -0.123. The number of amides is 2. The second kappa shape index (κ2) is 8.15. The van der Waals surface area contributed by atoms with Gasteiger partial charge in [0.1, 0.15) is 18.2 Å². The summed E-state index contributed by atoms with van der Waals surface area (Å²) < 4.78 is 18.8. The van der Waals surface area contributed by atoms with E-state index in [0.717, 1.165) is 11.8 Å². The number of halogens is 2. The number of carbonyl (C=O) groups excluding carboxylic acids is 2. The maximum absolute atomic E-state index is 13.2. The number of nitrogens with zero attached hydrogens (tertiary/aromatic N) is 1. The van der Waals surface area contributed by atoms with Crippen molar-refractivity contribution in [3.05, 3.63) is 69.3 Å². The first kappa shape index (κ1) is 19.5. The van der Waals surface area contributed by atoms with Crippen LogP contribution in [0.5, 0.6) is 5.75 Å². The average molecular weight is 406 g/mol. The summed E-state index contributed by atoms with van der Waals surface area (Å²) in [5.74, 6) is -0.177. The van der Waals surface area contributed by atoms with E-state index < -0.39 is 0 Å². The van der Waals surface area contributed by atoms with E-state index in [-0.39, 0.29) is 29.6 Å². The van der Waals surface area contributed by atoms with Gasteiger partial charge < -0.3 is 4.74 Å². The van der Waals surface area contributed by atoms with Gasteiger partial charge in [-0.15, -0.1) is 0 Å². The van der Waals surface area contributed by atoms with E-state index in [9.17, 15) is 14.0 Å². The van der Waals surface area contributed by atoms with Crippen LogP contribution < -0.4 is 4.74 Å². The number of rotatable bonds is 5. The van der Waals surface area contributed by atoms with Crippen LogP contribution in [0.3, 0.4) is 0 Å². The zero-order chi connectivity index (χ0) is 19.6. The van der Waals surface area contributed by atoms with E-state index in [4.69, 9.17) is 16.3 Å². The van der Waals surface area contributed by atoms with Crippen molar-refractivity contribution < 1.29 is 18.7 Å². The molecule has 0 aromatic heterocycles. The average Bonchev–Trinajstić information content (AvgIpc) is 2.88. The van der Waals surface area contributed by atoms with Gasteiger partial charge in [-0.25, -0.2) is 4.39 Å². The van der Waals surface area contributed by atoms with Crippen LogP contribution in [0.15, 0.2) is 47.4 Å². The van der Waals surface area contributed by atoms with E-state index in [2.05, 4.69) is 0 Å². The summed E-state index contributed by atoms with van der Waals surface area (Å²) in [7, 11) is 0. The van der Waals surface area contributed by atoms with Gasteiger partial charge in [0, 0.05) is 6.04 Å². The molecule has 3 rings (SSSR count). The van der Waals surface area contributed by atoms with E-state index in [1.165, 1.54) is 17.0 Å². The number of imide groups is 1. The highest BCUT2D eigenvalue weighted by atomic mass is 35.5. The minimum absolute atomic E-state index is 0.185. The maximum Gasteiger partial charge on any atom is 0.293 e. The standard InChI is InChI=1S/C20H17ClFNO3S/c1-12(2)23-19(24)18(27-20(23)25)10-13-6-7-17(16(21)9-13)26-11-14-4-3-5-15(22)8-14/h3-10,12H,11H2,1-2H3/b18-10-. The molecule has 2 aromatic rings. The number of hydrogen-bond acceptors (Lipinski definition) is 4. The van der Waals surface area contributed by atoms with Gasteiger partial charge >= 0.3 is 0 Å². The number of hydrogen-bond donors (Lipinski definition) is 0. The second-order valence-corrected chi connectivity index (χ2v) is 7.65. The molecule has 2 aromatic carbocycles. The third-order valence-corrected chi connectivity index (χ3v) is 5.06. The molecule has 140 valence electrons. The van der Waals surface area contributed by atoms with Crippen molar-refractivity contribution in [1.82, 2.24) is 4.90 Å². The maximum atomic E-state index is 13.2. The summed E-state index contributed by atoms with van der Waals surface area (Å²) in [5, 5.41) is 0.0886. The Kier molecular flexibility index (Phi) is 5.87. The molecular weight excluding hydrogens is 389 g/mol. The molecule has 7 heteroatoms. The quantitative estimate of drug-likeness (QED) is 0.616. The largest absolute Gasteiger partial charge is 0.487 e. The predicted molar refractivity (Wildman–Crippen MR) is 105 cm³/mol. The molecule has 0 unspecified atom stereocenters. The van der Waals surface area contributed by atoms with Crippen LogP contribution in [-0.4, -0.2) is 22.1 Å². The van der Waals surface area contributed by atoms with Crippen LogP contribution in [0.4, 0.5) is 9.18 Å². The molecule has 1 saturated heterocycles. The minimum Gasteiger partial charge on any atom is -0.487 e.